The van der Waals surface area contributed by atoms with Crippen molar-refractivity contribution in [1.29, 1.82) is 0 Å². The van der Waals surface area contributed by atoms with Gasteiger partial charge in [0.25, 0.3) is 0 Å². The molecule has 0 bridgehead atoms. The SMILES string of the molecule is CC(C)CC1CCCC(O)(Cc2ccc(Br)cc2F)C1. The zero-order valence-corrected chi connectivity index (χ0v) is 13.9. The van der Waals surface area contributed by atoms with Crippen molar-refractivity contribution in [3.63, 3.8) is 0 Å². The van der Waals surface area contributed by atoms with E-state index < -0.39 is 5.60 Å². The third-order valence-corrected chi connectivity index (χ3v) is 4.76. The molecule has 0 spiro atoms. The molecule has 0 amide bonds. The first kappa shape index (κ1) is 16.0. The highest BCUT2D eigenvalue weighted by atomic mass is 79.9. The maximum atomic E-state index is 13.9. The molecular weight excluding hydrogens is 319 g/mol. The van der Waals surface area contributed by atoms with E-state index in [0.717, 1.165) is 30.2 Å². The molecule has 1 aromatic carbocycles. The van der Waals surface area contributed by atoms with Crippen molar-refractivity contribution >= 4 is 15.9 Å². The molecule has 1 aliphatic rings. The van der Waals surface area contributed by atoms with E-state index in [9.17, 15) is 9.50 Å². The molecule has 0 aliphatic heterocycles. The summed E-state index contributed by atoms with van der Waals surface area (Å²) in [5, 5.41) is 10.8. The maximum Gasteiger partial charge on any atom is 0.127 e. The van der Waals surface area contributed by atoms with Crippen LogP contribution in [0.4, 0.5) is 4.39 Å². The first-order valence-corrected chi connectivity index (χ1v) is 8.33. The molecule has 0 saturated heterocycles. The van der Waals surface area contributed by atoms with Crippen LogP contribution >= 0.6 is 15.9 Å². The molecule has 1 N–H and O–H groups in total. The normalized spacial score (nSPS) is 27.0. The fourth-order valence-corrected chi connectivity index (χ4v) is 3.84. The Balaban J connectivity index is 2.06. The predicted octanol–water partition coefficient (Wildman–Crippen LogP) is 5.10. The third kappa shape index (κ3) is 4.29. The number of hydrogen-bond donors (Lipinski definition) is 1. The molecule has 3 heteroatoms. The Morgan fingerprint density at radius 2 is 2.20 bits per heavy atom. The summed E-state index contributed by atoms with van der Waals surface area (Å²) >= 11 is 3.27. The van der Waals surface area contributed by atoms with Crippen molar-refractivity contribution in [1.82, 2.24) is 0 Å². The molecule has 2 unspecified atom stereocenters. The topological polar surface area (TPSA) is 20.2 Å². The molecule has 1 aromatic rings. The minimum absolute atomic E-state index is 0.223. The monoisotopic (exact) mass is 342 g/mol. The van der Waals surface area contributed by atoms with Gasteiger partial charge in [0, 0.05) is 10.9 Å². The number of hydrogen-bond acceptors (Lipinski definition) is 1. The second-order valence-electron chi connectivity index (χ2n) is 6.73. The first-order valence-electron chi connectivity index (χ1n) is 7.54. The van der Waals surface area contributed by atoms with Gasteiger partial charge in [-0.05, 0) is 48.8 Å². The van der Waals surface area contributed by atoms with Crippen LogP contribution in [0.3, 0.4) is 0 Å². The lowest BCUT2D eigenvalue weighted by Crippen LogP contribution is -2.38. The van der Waals surface area contributed by atoms with Crippen molar-refractivity contribution in [2.75, 3.05) is 0 Å². The lowest BCUT2D eigenvalue weighted by molar-refractivity contribution is -0.0195. The number of halogens is 2. The molecule has 0 aromatic heterocycles. The predicted molar refractivity (Wildman–Crippen MR) is 84.2 cm³/mol. The van der Waals surface area contributed by atoms with Gasteiger partial charge in [0.05, 0.1) is 5.60 Å². The van der Waals surface area contributed by atoms with E-state index in [1.54, 1.807) is 6.07 Å². The van der Waals surface area contributed by atoms with Crippen molar-refractivity contribution in [2.45, 2.75) is 58.0 Å². The lowest BCUT2D eigenvalue weighted by atomic mass is 9.73. The van der Waals surface area contributed by atoms with E-state index >= 15 is 0 Å². The zero-order chi connectivity index (χ0) is 14.8. The Hall–Kier alpha value is -0.410. The van der Waals surface area contributed by atoms with Crippen molar-refractivity contribution in [2.24, 2.45) is 11.8 Å². The Morgan fingerprint density at radius 1 is 1.45 bits per heavy atom. The van der Waals surface area contributed by atoms with Gasteiger partial charge in [-0.25, -0.2) is 4.39 Å². The smallest absolute Gasteiger partial charge is 0.127 e. The van der Waals surface area contributed by atoms with E-state index in [0.29, 0.717) is 23.8 Å². The molecule has 2 atom stereocenters. The Bertz CT molecular complexity index is 460. The molecule has 1 nitrogen and oxygen atoms in total. The van der Waals surface area contributed by atoms with Gasteiger partial charge in [0.2, 0.25) is 0 Å². The van der Waals surface area contributed by atoms with Crippen LogP contribution in [0, 0.1) is 17.7 Å². The summed E-state index contributed by atoms with van der Waals surface area (Å²) < 4.78 is 14.7. The second-order valence-corrected chi connectivity index (χ2v) is 7.64. The highest BCUT2D eigenvalue weighted by Gasteiger charge is 2.35. The van der Waals surface area contributed by atoms with E-state index in [1.165, 1.54) is 12.5 Å². The van der Waals surface area contributed by atoms with Crippen LogP contribution in [0.1, 0.15) is 51.5 Å². The van der Waals surface area contributed by atoms with Gasteiger partial charge < -0.3 is 5.11 Å². The van der Waals surface area contributed by atoms with Gasteiger partial charge in [-0.2, -0.15) is 0 Å². The minimum Gasteiger partial charge on any atom is -0.390 e. The van der Waals surface area contributed by atoms with Crippen LogP contribution in [-0.4, -0.2) is 10.7 Å². The Morgan fingerprint density at radius 3 is 2.85 bits per heavy atom. The quantitative estimate of drug-likeness (QED) is 0.807. The van der Waals surface area contributed by atoms with Crippen LogP contribution in [0.5, 0.6) is 0 Å². The highest BCUT2D eigenvalue weighted by molar-refractivity contribution is 9.10. The zero-order valence-electron chi connectivity index (χ0n) is 12.3. The molecule has 1 fully saturated rings. The molecule has 112 valence electrons. The van der Waals surface area contributed by atoms with Crippen LogP contribution < -0.4 is 0 Å². The fraction of sp³-hybridized carbons (Fsp3) is 0.647. The standard InChI is InChI=1S/C17H24BrFO/c1-12(2)8-13-4-3-7-17(20,10-13)11-14-5-6-15(18)9-16(14)19/h5-6,9,12-13,20H,3-4,7-8,10-11H2,1-2H3. The van der Waals surface area contributed by atoms with Crippen molar-refractivity contribution in [3.8, 4) is 0 Å². The van der Waals surface area contributed by atoms with Crippen LogP contribution in [0.25, 0.3) is 0 Å². The van der Waals surface area contributed by atoms with Gasteiger partial charge in [-0.1, -0.05) is 48.7 Å². The lowest BCUT2D eigenvalue weighted by Gasteiger charge is -2.37. The van der Waals surface area contributed by atoms with E-state index in [-0.39, 0.29) is 5.82 Å². The summed E-state index contributed by atoms with van der Waals surface area (Å²) in [7, 11) is 0. The number of benzene rings is 1. The van der Waals surface area contributed by atoms with Crippen LogP contribution in [-0.2, 0) is 6.42 Å². The molecule has 1 saturated carbocycles. The molecule has 0 radical (unpaired) electrons. The summed E-state index contributed by atoms with van der Waals surface area (Å²) in [6.07, 6.45) is 5.43. The first-order chi connectivity index (χ1) is 9.38. The largest absolute Gasteiger partial charge is 0.390 e. The Labute approximate surface area is 129 Å². The Kier molecular flexibility index (Phi) is 5.25. The van der Waals surface area contributed by atoms with Crippen molar-refractivity contribution < 1.29 is 9.50 Å². The molecule has 0 heterocycles. The average molecular weight is 343 g/mol. The molecule has 2 rings (SSSR count). The van der Waals surface area contributed by atoms with E-state index in [2.05, 4.69) is 29.8 Å². The van der Waals surface area contributed by atoms with Gasteiger partial charge in [-0.15, -0.1) is 0 Å². The number of aliphatic hydroxyl groups is 1. The summed E-state index contributed by atoms with van der Waals surface area (Å²) in [6, 6.07) is 5.10. The minimum atomic E-state index is -0.730. The summed E-state index contributed by atoms with van der Waals surface area (Å²) in [5.41, 5.74) is -0.104. The maximum absolute atomic E-state index is 13.9. The van der Waals surface area contributed by atoms with Crippen molar-refractivity contribution in [3.05, 3.63) is 34.1 Å². The summed E-state index contributed by atoms with van der Waals surface area (Å²) in [5.74, 6) is 1.01. The van der Waals surface area contributed by atoms with Gasteiger partial charge in [-0.3, -0.25) is 0 Å². The van der Waals surface area contributed by atoms with Gasteiger partial charge in [0.15, 0.2) is 0 Å². The van der Waals surface area contributed by atoms with Crippen LogP contribution in [0.2, 0.25) is 0 Å². The second kappa shape index (κ2) is 6.57. The summed E-state index contributed by atoms with van der Waals surface area (Å²) in [4.78, 5) is 0. The molecule has 1 aliphatic carbocycles. The van der Waals surface area contributed by atoms with E-state index in [1.807, 2.05) is 6.07 Å². The van der Waals surface area contributed by atoms with E-state index in [4.69, 9.17) is 0 Å². The van der Waals surface area contributed by atoms with Gasteiger partial charge >= 0.3 is 0 Å². The highest BCUT2D eigenvalue weighted by Crippen LogP contribution is 2.38. The average Bonchev–Trinajstić information content (AvgIpc) is 2.32. The third-order valence-electron chi connectivity index (χ3n) is 4.26. The van der Waals surface area contributed by atoms with Gasteiger partial charge in [0.1, 0.15) is 5.82 Å². The number of rotatable bonds is 4. The molecular formula is C17H24BrFO. The summed E-state index contributed by atoms with van der Waals surface area (Å²) in [6.45, 7) is 4.45. The fourth-order valence-electron chi connectivity index (χ4n) is 3.51. The molecule has 20 heavy (non-hydrogen) atoms. The van der Waals surface area contributed by atoms with Crippen LogP contribution in [0.15, 0.2) is 22.7 Å².